The maximum absolute atomic E-state index is 13.5. The van der Waals surface area contributed by atoms with Crippen molar-refractivity contribution in [2.45, 2.75) is 30.9 Å². The zero-order chi connectivity index (χ0) is 26.0. The average Bonchev–Trinajstić information content (AvgIpc) is 2.86. The second-order valence-electron chi connectivity index (χ2n) is 8.14. The molecular weight excluding hydrogens is 516 g/mol. The zero-order valence-corrected chi connectivity index (χ0v) is 22.8. The molecule has 0 spiro atoms. The Bertz CT molecular complexity index is 1230. The molecule has 0 aliphatic carbocycles. The lowest BCUT2D eigenvalue weighted by atomic mass is 10.2. The summed E-state index contributed by atoms with van der Waals surface area (Å²) in [4.78, 5) is 12.8. The SMILES string of the molecule is CCOc1ccc(S(=O)(=O)N(CC(=O)NCCCSCc2cccc(Cl)c2)c2ccc(C)cc2)cc1. The number of benzene rings is 3. The van der Waals surface area contributed by atoms with E-state index in [9.17, 15) is 13.2 Å². The van der Waals surface area contributed by atoms with E-state index < -0.39 is 10.0 Å². The number of rotatable bonds is 13. The molecule has 0 aliphatic rings. The van der Waals surface area contributed by atoms with Crippen LogP contribution < -0.4 is 14.4 Å². The summed E-state index contributed by atoms with van der Waals surface area (Å²) in [5, 5.41) is 3.57. The molecule has 0 saturated heterocycles. The Hall–Kier alpha value is -2.68. The minimum absolute atomic E-state index is 0.0942. The fraction of sp³-hybridized carbons (Fsp3) is 0.296. The third kappa shape index (κ3) is 8.18. The number of nitrogens with zero attached hydrogens (tertiary/aromatic N) is 1. The third-order valence-electron chi connectivity index (χ3n) is 5.28. The van der Waals surface area contributed by atoms with E-state index in [2.05, 4.69) is 5.32 Å². The van der Waals surface area contributed by atoms with Crippen LogP contribution >= 0.6 is 23.4 Å². The lowest BCUT2D eigenvalue weighted by molar-refractivity contribution is -0.119. The number of anilines is 1. The van der Waals surface area contributed by atoms with Gasteiger partial charge >= 0.3 is 0 Å². The first kappa shape index (κ1) is 27.9. The van der Waals surface area contributed by atoms with Crippen LogP contribution in [0.5, 0.6) is 5.75 Å². The number of nitrogens with one attached hydrogen (secondary N) is 1. The van der Waals surface area contributed by atoms with Gasteiger partial charge in [0, 0.05) is 17.3 Å². The highest BCUT2D eigenvalue weighted by Crippen LogP contribution is 2.25. The van der Waals surface area contributed by atoms with Crippen LogP contribution in [0, 0.1) is 6.92 Å². The molecule has 0 atom stereocenters. The molecule has 0 radical (unpaired) electrons. The lowest BCUT2D eigenvalue weighted by Gasteiger charge is -2.24. The molecule has 3 aromatic carbocycles. The standard InChI is InChI=1S/C27H31ClN2O4S2/c1-3-34-25-12-14-26(15-13-25)36(32,33)30(24-10-8-21(2)9-11-24)19-27(31)29-16-5-17-35-20-22-6-4-7-23(28)18-22/h4,6-15,18H,3,5,16-17,19-20H2,1-2H3,(H,29,31). The van der Waals surface area contributed by atoms with E-state index in [0.29, 0.717) is 24.6 Å². The quantitative estimate of drug-likeness (QED) is 0.279. The number of ether oxygens (including phenoxy) is 1. The van der Waals surface area contributed by atoms with Crippen molar-refractivity contribution in [1.82, 2.24) is 5.32 Å². The summed E-state index contributed by atoms with van der Waals surface area (Å²) in [5.41, 5.74) is 2.59. The highest BCUT2D eigenvalue weighted by molar-refractivity contribution is 7.98. The molecule has 3 rings (SSSR count). The van der Waals surface area contributed by atoms with Crippen LogP contribution in [0.2, 0.25) is 5.02 Å². The van der Waals surface area contributed by atoms with E-state index in [1.807, 2.05) is 50.2 Å². The van der Waals surface area contributed by atoms with Gasteiger partial charge in [0.15, 0.2) is 0 Å². The Labute approximate surface area is 223 Å². The molecule has 36 heavy (non-hydrogen) atoms. The number of amides is 1. The summed E-state index contributed by atoms with van der Waals surface area (Å²) < 4.78 is 33.5. The van der Waals surface area contributed by atoms with Crippen molar-refractivity contribution in [3.63, 3.8) is 0 Å². The van der Waals surface area contributed by atoms with Crippen LogP contribution in [-0.4, -0.2) is 39.8 Å². The van der Waals surface area contributed by atoms with Gasteiger partial charge in [-0.2, -0.15) is 11.8 Å². The van der Waals surface area contributed by atoms with Gasteiger partial charge in [-0.05, 0) is 80.1 Å². The largest absolute Gasteiger partial charge is 0.494 e. The summed E-state index contributed by atoms with van der Waals surface area (Å²) in [6.45, 7) is 4.42. The number of aryl methyl sites for hydroxylation is 1. The van der Waals surface area contributed by atoms with Crippen molar-refractivity contribution in [1.29, 1.82) is 0 Å². The second-order valence-corrected chi connectivity index (χ2v) is 11.5. The molecule has 0 saturated carbocycles. The molecule has 0 fully saturated rings. The number of sulfonamides is 1. The topological polar surface area (TPSA) is 75.7 Å². The molecule has 192 valence electrons. The van der Waals surface area contributed by atoms with Gasteiger partial charge in [0.05, 0.1) is 17.2 Å². The summed E-state index contributed by atoms with van der Waals surface area (Å²) >= 11 is 7.78. The minimum Gasteiger partial charge on any atom is -0.494 e. The maximum Gasteiger partial charge on any atom is 0.264 e. The molecule has 0 unspecified atom stereocenters. The van der Waals surface area contributed by atoms with Gasteiger partial charge in [-0.1, -0.05) is 41.4 Å². The van der Waals surface area contributed by atoms with Gasteiger partial charge in [-0.3, -0.25) is 9.10 Å². The van der Waals surface area contributed by atoms with Crippen LogP contribution in [0.25, 0.3) is 0 Å². The Morgan fingerprint density at radius 3 is 2.44 bits per heavy atom. The van der Waals surface area contributed by atoms with E-state index in [4.69, 9.17) is 16.3 Å². The van der Waals surface area contributed by atoms with Crippen molar-refractivity contribution in [2.24, 2.45) is 0 Å². The zero-order valence-electron chi connectivity index (χ0n) is 20.4. The smallest absolute Gasteiger partial charge is 0.264 e. The summed E-state index contributed by atoms with van der Waals surface area (Å²) in [6.07, 6.45) is 0.771. The minimum atomic E-state index is -3.97. The third-order valence-corrected chi connectivity index (χ3v) is 8.42. The van der Waals surface area contributed by atoms with E-state index in [1.165, 1.54) is 12.1 Å². The molecule has 0 aromatic heterocycles. The van der Waals surface area contributed by atoms with Crippen molar-refractivity contribution in [3.8, 4) is 5.75 Å². The maximum atomic E-state index is 13.5. The summed E-state index contributed by atoms with van der Waals surface area (Å²) in [7, 11) is -3.97. The van der Waals surface area contributed by atoms with Crippen LogP contribution in [0.15, 0.2) is 77.7 Å². The average molecular weight is 547 g/mol. The molecule has 0 aliphatic heterocycles. The molecule has 6 nitrogen and oxygen atoms in total. The van der Waals surface area contributed by atoms with Gasteiger partial charge in [0.1, 0.15) is 12.3 Å². The Kier molecular flexibility index (Phi) is 10.5. The van der Waals surface area contributed by atoms with Crippen molar-refractivity contribution < 1.29 is 17.9 Å². The van der Waals surface area contributed by atoms with E-state index in [1.54, 1.807) is 36.0 Å². The molecule has 1 N–H and O–H groups in total. The van der Waals surface area contributed by atoms with Gasteiger partial charge < -0.3 is 10.1 Å². The number of hydrogen-bond donors (Lipinski definition) is 1. The fourth-order valence-corrected chi connectivity index (χ4v) is 5.97. The highest BCUT2D eigenvalue weighted by Gasteiger charge is 2.27. The van der Waals surface area contributed by atoms with Crippen molar-refractivity contribution >= 4 is 45.0 Å². The number of halogens is 1. The van der Waals surface area contributed by atoms with Crippen LogP contribution in [0.3, 0.4) is 0 Å². The van der Waals surface area contributed by atoms with Crippen LogP contribution in [0.4, 0.5) is 5.69 Å². The van der Waals surface area contributed by atoms with Crippen molar-refractivity contribution in [3.05, 3.63) is 88.9 Å². The predicted octanol–water partition coefficient (Wildman–Crippen LogP) is 5.68. The molecule has 0 bridgehead atoms. The number of carbonyl (C=O) groups is 1. The fourth-order valence-electron chi connectivity index (χ4n) is 3.43. The lowest BCUT2D eigenvalue weighted by Crippen LogP contribution is -2.41. The first-order chi connectivity index (χ1) is 17.3. The Morgan fingerprint density at radius 2 is 1.78 bits per heavy atom. The van der Waals surface area contributed by atoms with E-state index >= 15 is 0 Å². The molecule has 1 amide bonds. The van der Waals surface area contributed by atoms with Gasteiger partial charge in [-0.15, -0.1) is 0 Å². The van der Waals surface area contributed by atoms with Gasteiger partial charge in [-0.25, -0.2) is 8.42 Å². The van der Waals surface area contributed by atoms with Crippen LogP contribution in [0.1, 0.15) is 24.5 Å². The normalized spacial score (nSPS) is 11.2. The van der Waals surface area contributed by atoms with Gasteiger partial charge in [0.25, 0.3) is 10.0 Å². The van der Waals surface area contributed by atoms with Gasteiger partial charge in [0.2, 0.25) is 5.91 Å². The number of thioether (sulfide) groups is 1. The van der Waals surface area contributed by atoms with E-state index in [0.717, 1.165) is 38.4 Å². The van der Waals surface area contributed by atoms with E-state index in [-0.39, 0.29) is 17.3 Å². The first-order valence-electron chi connectivity index (χ1n) is 11.7. The molecule has 3 aromatic rings. The molecule has 9 heteroatoms. The Morgan fingerprint density at radius 1 is 1.06 bits per heavy atom. The number of hydrogen-bond acceptors (Lipinski definition) is 5. The summed E-state index contributed by atoms with van der Waals surface area (Å²) in [6, 6.07) is 21.0. The Balaban J connectivity index is 1.60. The first-order valence-corrected chi connectivity index (χ1v) is 14.7. The summed E-state index contributed by atoms with van der Waals surface area (Å²) in [5.74, 6) is 1.93. The monoisotopic (exact) mass is 546 g/mol. The predicted molar refractivity (Wildman–Crippen MR) is 149 cm³/mol. The second kappa shape index (κ2) is 13.6. The molecule has 0 heterocycles. The van der Waals surface area contributed by atoms with Crippen LogP contribution in [-0.2, 0) is 20.6 Å². The highest BCUT2D eigenvalue weighted by atomic mass is 35.5. The molecular formula is C27H31ClN2O4S2. The van der Waals surface area contributed by atoms with Crippen molar-refractivity contribution in [2.75, 3.05) is 29.8 Å². The number of carbonyl (C=O) groups excluding carboxylic acids is 1.